The van der Waals surface area contributed by atoms with Gasteiger partial charge in [-0.2, -0.15) is 0 Å². The van der Waals surface area contributed by atoms with Crippen LogP contribution in [0, 0.1) is 11.8 Å². The third-order valence-corrected chi connectivity index (χ3v) is 4.47. The van der Waals surface area contributed by atoms with Crippen molar-refractivity contribution in [2.24, 2.45) is 5.73 Å². The molecule has 8 nitrogen and oxygen atoms in total. The number of carbonyl (C=O) groups is 2. The number of nitrogens with two attached hydrogens (primary N) is 1. The Morgan fingerprint density at radius 1 is 1.32 bits per heavy atom. The average molecular weight is 379 g/mol. The molecule has 1 aromatic carbocycles. The van der Waals surface area contributed by atoms with Crippen molar-refractivity contribution < 1.29 is 14.7 Å². The van der Waals surface area contributed by atoms with Gasteiger partial charge in [-0.05, 0) is 12.1 Å². The van der Waals surface area contributed by atoms with E-state index < -0.39 is 17.4 Å². The molecule has 1 atom stereocenters. The van der Waals surface area contributed by atoms with Crippen LogP contribution in [0.4, 0.5) is 5.82 Å². The van der Waals surface area contributed by atoms with Crippen LogP contribution in [-0.4, -0.2) is 65.1 Å². The van der Waals surface area contributed by atoms with Crippen molar-refractivity contribution in [2.75, 3.05) is 32.6 Å². The highest BCUT2D eigenvalue weighted by Crippen LogP contribution is 2.22. The van der Waals surface area contributed by atoms with E-state index in [4.69, 9.17) is 5.73 Å². The van der Waals surface area contributed by atoms with Crippen molar-refractivity contribution in [3.05, 3.63) is 41.6 Å². The number of hydrogen-bond acceptors (Lipinski definition) is 6. The summed E-state index contributed by atoms with van der Waals surface area (Å²) in [5, 5.41) is 10.4. The molecule has 1 fully saturated rings. The van der Waals surface area contributed by atoms with Crippen LogP contribution in [0.1, 0.15) is 22.5 Å². The van der Waals surface area contributed by atoms with Crippen LogP contribution in [0.5, 0.6) is 0 Å². The number of aromatic nitrogens is 2. The number of amides is 2. The standard InChI is InChI=1S/C20H21N5O3/c1-24(2)16-12-15(17(21)26)22-18(23-16)14-6-4-5-13(11-14)7-8-20(28)9-10-25(3)19(20)27/h4-6,11-12,28H,9-10H2,1-3H3,(H2,21,26). The van der Waals surface area contributed by atoms with Gasteiger partial charge >= 0.3 is 0 Å². The zero-order valence-electron chi connectivity index (χ0n) is 15.9. The Morgan fingerprint density at radius 2 is 2.07 bits per heavy atom. The summed E-state index contributed by atoms with van der Waals surface area (Å²) in [6.45, 7) is 0.463. The number of hydrogen-bond donors (Lipinski definition) is 2. The van der Waals surface area contributed by atoms with Crippen LogP contribution < -0.4 is 10.6 Å². The molecule has 28 heavy (non-hydrogen) atoms. The molecule has 2 amide bonds. The number of anilines is 1. The van der Waals surface area contributed by atoms with Crippen molar-refractivity contribution in [2.45, 2.75) is 12.0 Å². The lowest BCUT2D eigenvalue weighted by Gasteiger charge is -2.14. The lowest BCUT2D eigenvalue weighted by molar-refractivity contribution is -0.137. The number of likely N-dealkylation sites (tertiary alicyclic amines) is 1. The molecule has 8 heteroatoms. The maximum Gasteiger partial charge on any atom is 0.267 e. The van der Waals surface area contributed by atoms with E-state index >= 15 is 0 Å². The van der Waals surface area contributed by atoms with Gasteiger partial charge in [-0.15, -0.1) is 0 Å². The molecule has 0 saturated carbocycles. The lowest BCUT2D eigenvalue weighted by atomic mass is 10.0. The SMILES string of the molecule is CN1CCC(O)(C#Cc2cccc(-c3nc(C(N)=O)cc(N(C)C)n3)c2)C1=O. The number of benzene rings is 1. The van der Waals surface area contributed by atoms with Gasteiger partial charge in [0.05, 0.1) is 0 Å². The smallest absolute Gasteiger partial charge is 0.267 e. The fourth-order valence-electron chi connectivity index (χ4n) is 2.80. The molecule has 1 aromatic heterocycles. The Kier molecular flexibility index (Phi) is 5.03. The van der Waals surface area contributed by atoms with Gasteiger partial charge in [0, 0.05) is 51.3 Å². The number of nitrogens with zero attached hydrogens (tertiary/aromatic N) is 4. The van der Waals surface area contributed by atoms with Gasteiger partial charge in [0.2, 0.25) is 5.60 Å². The van der Waals surface area contributed by atoms with Crippen molar-refractivity contribution >= 4 is 17.6 Å². The first kappa shape index (κ1) is 19.3. The second-order valence-corrected chi connectivity index (χ2v) is 6.86. The third kappa shape index (κ3) is 3.80. The van der Waals surface area contributed by atoms with Crippen molar-refractivity contribution in [1.82, 2.24) is 14.9 Å². The molecule has 2 aromatic rings. The topological polar surface area (TPSA) is 113 Å². The van der Waals surface area contributed by atoms with E-state index in [1.54, 1.807) is 50.3 Å². The minimum atomic E-state index is -1.66. The van der Waals surface area contributed by atoms with Crippen molar-refractivity contribution in [1.29, 1.82) is 0 Å². The molecule has 0 spiro atoms. The minimum Gasteiger partial charge on any atom is -0.369 e. The summed E-state index contributed by atoms with van der Waals surface area (Å²) in [6, 6.07) is 8.57. The molecule has 144 valence electrons. The van der Waals surface area contributed by atoms with E-state index in [0.717, 1.165) is 0 Å². The first-order valence-corrected chi connectivity index (χ1v) is 8.67. The fraction of sp³-hybridized carbons (Fsp3) is 0.300. The highest BCUT2D eigenvalue weighted by Gasteiger charge is 2.42. The summed E-state index contributed by atoms with van der Waals surface area (Å²) in [4.78, 5) is 35.5. The van der Waals surface area contributed by atoms with E-state index in [1.165, 1.54) is 11.0 Å². The minimum absolute atomic E-state index is 0.110. The van der Waals surface area contributed by atoms with Crippen molar-refractivity contribution in [3.63, 3.8) is 0 Å². The zero-order valence-corrected chi connectivity index (χ0v) is 15.9. The van der Waals surface area contributed by atoms with E-state index in [2.05, 4.69) is 21.8 Å². The molecule has 1 unspecified atom stereocenters. The van der Waals surface area contributed by atoms with Crippen LogP contribution in [-0.2, 0) is 4.79 Å². The Balaban J connectivity index is 1.98. The normalized spacial score (nSPS) is 18.6. The molecular weight excluding hydrogens is 358 g/mol. The maximum absolute atomic E-state index is 12.0. The molecule has 3 N–H and O–H groups in total. The predicted molar refractivity (Wildman–Crippen MR) is 104 cm³/mol. The second kappa shape index (κ2) is 7.29. The molecule has 3 rings (SSSR count). The Hall–Kier alpha value is -3.44. The molecule has 0 radical (unpaired) electrons. The summed E-state index contributed by atoms with van der Waals surface area (Å²) < 4.78 is 0. The molecule has 1 saturated heterocycles. The van der Waals surface area contributed by atoms with Gasteiger partial charge in [0.25, 0.3) is 11.8 Å². The van der Waals surface area contributed by atoms with Crippen molar-refractivity contribution in [3.8, 4) is 23.2 Å². The summed E-state index contributed by atoms with van der Waals surface area (Å²) in [7, 11) is 5.23. The highest BCUT2D eigenvalue weighted by molar-refractivity contribution is 5.92. The van der Waals surface area contributed by atoms with E-state index in [9.17, 15) is 14.7 Å². The van der Waals surface area contributed by atoms with Crippen LogP contribution in [0.25, 0.3) is 11.4 Å². The summed E-state index contributed by atoms with van der Waals surface area (Å²) >= 11 is 0. The second-order valence-electron chi connectivity index (χ2n) is 6.86. The van der Waals surface area contributed by atoms with E-state index in [-0.39, 0.29) is 12.1 Å². The Morgan fingerprint density at radius 3 is 2.68 bits per heavy atom. The average Bonchev–Trinajstić information content (AvgIpc) is 2.94. The molecule has 2 heterocycles. The first-order chi connectivity index (χ1) is 13.2. The number of aliphatic hydroxyl groups is 1. The zero-order chi connectivity index (χ0) is 20.5. The molecule has 1 aliphatic rings. The molecule has 1 aliphatic heterocycles. The summed E-state index contributed by atoms with van der Waals surface area (Å²) in [5.74, 6) is 5.38. The van der Waals surface area contributed by atoms with Gasteiger partial charge in [-0.1, -0.05) is 24.0 Å². The quantitative estimate of drug-likeness (QED) is 0.740. The highest BCUT2D eigenvalue weighted by atomic mass is 16.3. The van der Waals surface area contributed by atoms with Crippen LogP contribution in [0.3, 0.4) is 0 Å². The third-order valence-electron chi connectivity index (χ3n) is 4.47. The van der Waals surface area contributed by atoms with Crippen LogP contribution in [0.15, 0.2) is 30.3 Å². The molecule has 0 bridgehead atoms. The first-order valence-electron chi connectivity index (χ1n) is 8.67. The van der Waals surface area contributed by atoms with Gasteiger partial charge < -0.3 is 20.6 Å². The predicted octanol–water partition coefficient (Wildman–Crippen LogP) is 0.253. The molecular formula is C20H21N5O3. The number of primary amides is 1. The maximum atomic E-state index is 12.0. The monoisotopic (exact) mass is 379 g/mol. The van der Waals surface area contributed by atoms with Crippen LogP contribution in [0.2, 0.25) is 0 Å². The largest absolute Gasteiger partial charge is 0.369 e. The van der Waals surface area contributed by atoms with Gasteiger partial charge in [0.15, 0.2) is 5.82 Å². The number of rotatable bonds is 3. The summed E-state index contributed by atoms with van der Waals surface area (Å²) in [5.41, 5.74) is 5.06. The van der Waals surface area contributed by atoms with E-state index in [0.29, 0.717) is 29.3 Å². The Labute approximate surface area is 163 Å². The van der Waals surface area contributed by atoms with Gasteiger partial charge in [-0.3, -0.25) is 9.59 Å². The Bertz CT molecular complexity index is 1010. The number of carbonyl (C=O) groups excluding carboxylic acids is 2. The molecule has 0 aliphatic carbocycles. The summed E-state index contributed by atoms with van der Waals surface area (Å²) in [6.07, 6.45) is 0.269. The lowest BCUT2D eigenvalue weighted by Crippen LogP contribution is -2.37. The number of likely N-dealkylation sites (N-methyl/N-ethyl adjacent to an activating group) is 1. The van der Waals surface area contributed by atoms with E-state index in [1.807, 2.05) is 0 Å². The fourth-order valence-corrected chi connectivity index (χ4v) is 2.80. The van der Waals surface area contributed by atoms with Gasteiger partial charge in [-0.25, -0.2) is 9.97 Å². The van der Waals surface area contributed by atoms with Crippen LogP contribution >= 0.6 is 0 Å². The van der Waals surface area contributed by atoms with Gasteiger partial charge in [0.1, 0.15) is 11.5 Å².